The Hall–Kier alpha value is -0.980. The Labute approximate surface area is 118 Å². The number of amides is 1. The van der Waals surface area contributed by atoms with E-state index in [0.29, 0.717) is 23.8 Å². The van der Waals surface area contributed by atoms with Crippen LogP contribution in [0, 0.1) is 0 Å². The van der Waals surface area contributed by atoms with Gasteiger partial charge in [-0.05, 0) is 13.3 Å². The first-order valence-corrected chi connectivity index (χ1v) is 7.11. The fourth-order valence-electron chi connectivity index (χ4n) is 1.73. The van der Waals surface area contributed by atoms with Gasteiger partial charge in [0, 0.05) is 19.6 Å². The molecule has 0 aromatic carbocycles. The minimum Gasteiger partial charge on any atom is -0.396 e. The summed E-state index contributed by atoms with van der Waals surface area (Å²) < 4.78 is 5.10. The minimum absolute atomic E-state index is 0.0000740. The third kappa shape index (κ3) is 4.56. The number of methoxy groups -OCH3 is 1. The molecule has 1 aromatic rings. The molecule has 0 aliphatic heterocycles. The molecule has 1 aromatic heterocycles. The first kappa shape index (κ1) is 16.1. The lowest BCUT2D eigenvalue weighted by Crippen LogP contribution is -2.49. The van der Waals surface area contributed by atoms with Gasteiger partial charge < -0.3 is 15.2 Å². The molecule has 1 amide bonds. The van der Waals surface area contributed by atoms with Crippen LogP contribution >= 0.6 is 11.3 Å². The van der Waals surface area contributed by atoms with E-state index in [4.69, 9.17) is 9.84 Å². The Morgan fingerprint density at radius 2 is 2.32 bits per heavy atom. The number of aliphatic hydroxyl groups excluding tert-OH is 1. The Balaban J connectivity index is 2.75. The first-order chi connectivity index (χ1) is 8.91. The predicted octanol–water partition coefficient (Wildman–Crippen LogP) is 1.78. The maximum atomic E-state index is 12.2. The highest BCUT2D eigenvalue weighted by Gasteiger charge is 2.27. The zero-order chi connectivity index (χ0) is 14.5. The Kier molecular flexibility index (Phi) is 5.90. The highest BCUT2D eigenvalue weighted by atomic mass is 32.1. The number of hydrogen-bond donors (Lipinski definition) is 2. The van der Waals surface area contributed by atoms with E-state index in [9.17, 15) is 4.79 Å². The molecule has 0 spiro atoms. The van der Waals surface area contributed by atoms with E-state index in [1.807, 2.05) is 20.8 Å². The summed E-state index contributed by atoms with van der Waals surface area (Å²) in [4.78, 5) is 17.0. The fraction of sp³-hybridized carbons (Fsp3) is 0.692. The van der Waals surface area contributed by atoms with Crippen molar-refractivity contribution in [3.05, 3.63) is 16.1 Å². The number of nitrogens with zero attached hydrogens (tertiary/aromatic N) is 1. The summed E-state index contributed by atoms with van der Waals surface area (Å²) in [5.74, 6) is 0.145. The van der Waals surface area contributed by atoms with Crippen LogP contribution in [0.3, 0.4) is 0 Å². The Morgan fingerprint density at radius 3 is 2.79 bits per heavy atom. The third-order valence-corrected chi connectivity index (χ3v) is 4.08. The van der Waals surface area contributed by atoms with Crippen LogP contribution in [0.15, 0.2) is 6.20 Å². The van der Waals surface area contributed by atoms with E-state index in [2.05, 4.69) is 10.3 Å². The minimum atomic E-state index is -0.567. The van der Waals surface area contributed by atoms with Crippen molar-refractivity contribution in [1.29, 1.82) is 0 Å². The van der Waals surface area contributed by atoms with Crippen LogP contribution in [0.2, 0.25) is 0 Å². The van der Waals surface area contributed by atoms with Gasteiger partial charge in [-0.25, -0.2) is 4.98 Å². The molecule has 0 aliphatic carbocycles. The molecule has 0 saturated carbocycles. The van der Waals surface area contributed by atoms with Gasteiger partial charge in [0.1, 0.15) is 4.88 Å². The van der Waals surface area contributed by atoms with E-state index in [-0.39, 0.29) is 12.5 Å². The van der Waals surface area contributed by atoms with Crippen LogP contribution in [-0.4, -0.2) is 41.9 Å². The molecular weight excluding hydrogens is 264 g/mol. The molecule has 2 N–H and O–H groups in total. The first-order valence-electron chi connectivity index (χ1n) is 6.30. The number of ether oxygens (including phenoxy) is 1. The molecule has 1 atom stereocenters. The Bertz CT molecular complexity index is 412. The number of aromatic nitrogens is 1. The van der Waals surface area contributed by atoms with E-state index in [1.54, 1.807) is 13.3 Å². The van der Waals surface area contributed by atoms with Crippen LogP contribution < -0.4 is 5.32 Å². The lowest BCUT2D eigenvalue weighted by Gasteiger charge is -2.29. The third-order valence-electron chi connectivity index (χ3n) is 2.78. The molecule has 5 nitrogen and oxygen atoms in total. The molecular formula is C13H22N2O3S. The monoisotopic (exact) mass is 286 g/mol. The van der Waals surface area contributed by atoms with Gasteiger partial charge in [0.05, 0.1) is 23.4 Å². The van der Waals surface area contributed by atoms with Crippen molar-refractivity contribution in [3.8, 4) is 0 Å². The van der Waals surface area contributed by atoms with Gasteiger partial charge in [0.25, 0.3) is 5.91 Å². The second kappa shape index (κ2) is 6.98. The summed E-state index contributed by atoms with van der Waals surface area (Å²) in [5, 5.41) is 12.9. The molecule has 0 bridgehead atoms. The second-order valence-corrected chi connectivity index (χ2v) is 6.20. The van der Waals surface area contributed by atoms with Gasteiger partial charge in [0.15, 0.2) is 0 Å². The molecule has 1 unspecified atom stereocenters. The van der Waals surface area contributed by atoms with Crippen molar-refractivity contribution in [2.45, 2.75) is 38.6 Å². The molecule has 6 heteroatoms. The molecule has 19 heavy (non-hydrogen) atoms. The number of rotatable bonds is 7. The zero-order valence-electron chi connectivity index (χ0n) is 11.9. The zero-order valence-corrected chi connectivity index (χ0v) is 12.7. The highest BCUT2D eigenvalue weighted by molar-refractivity contribution is 7.13. The van der Waals surface area contributed by atoms with Crippen molar-refractivity contribution >= 4 is 17.2 Å². The van der Waals surface area contributed by atoms with Crippen LogP contribution in [0.5, 0.6) is 0 Å². The number of thiazole rings is 1. The van der Waals surface area contributed by atoms with Crippen molar-refractivity contribution in [1.82, 2.24) is 10.3 Å². The van der Waals surface area contributed by atoms with Gasteiger partial charge in [-0.3, -0.25) is 4.79 Å². The number of nitrogens with one attached hydrogen (secondary N) is 1. The topological polar surface area (TPSA) is 71.5 Å². The highest BCUT2D eigenvalue weighted by Crippen LogP contribution is 2.22. The summed E-state index contributed by atoms with van der Waals surface area (Å²) in [5.41, 5.74) is -0.567. The van der Waals surface area contributed by atoms with E-state index < -0.39 is 5.54 Å². The molecule has 0 fully saturated rings. The number of carbonyl (C=O) groups excluding carboxylic acids is 1. The van der Waals surface area contributed by atoms with E-state index in [0.717, 1.165) is 5.01 Å². The van der Waals surface area contributed by atoms with Crippen LogP contribution in [0.1, 0.15) is 47.8 Å². The number of hydrogen-bond acceptors (Lipinski definition) is 5. The van der Waals surface area contributed by atoms with Crippen molar-refractivity contribution in [2.75, 3.05) is 20.3 Å². The molecule has 108 valence electrons. The number of carbonyl (C=O) groups is 1. The van der Waals surface area contributed by atoms with Crippen molar-refractivity contribution in [3.63, 3.8) is 0 Å². The van der Waals surface area contributed by atoms with Crippen molar-refractivity contribution < 1.29 is 14.6 Å². The van der Waals surface area contributed by atoms with Gasteiger partial charge in [-0.2, -0.15) is 0 Å². The average Bonchev–Trinajstić information content (AvgIpc) is 2.78. The lowest BCUT2D eigenvalue weighted by atomic mass is 9.99. The molecule has 0 aliphatic rings. The van der Waals surface area contributed by atoms with Crippen LogP contribution in [-0.2, 0) is 4.74 Å². The Morgan fingerprint density at radius 1 is 1.63 bits per heavy atom. The standard InChI is InChI=1S/C13H22N2O3S/c1-9(2)12-14-7-10(19-12)11(17)15-13(3,5-6-16)8-18-4/h7,9,16H,5-6,8H2,1-4H3,(H,15,17). The second-order valence-electron chi connectivity index (χ2n) is 5.14. The summed E-state index contributed by atoms with van der Waals surface area (Å²) in [6.07, 6.45) is 2.05. The van der Waals surface area contributed by atoms with Gasteiger partial charge >= 0.3 is 0 Å². The number of aliphatic hydroxyl groups is 1. The smallest absolute Gasteiger partial charge is 0.263 e. The summed E-state index contributed by atoms with van der Waals surface area (Å²) in [6.45, 7) is 6.30. The average molecular weight is 286 g/mol. The SMILES string of the molecule is COCC(C)(CCO)NC(=O)c1cnc(C(C)C)s1. The molecule has 0 radical (unpaired) electrons. The summed E-state index contributed by atoms with van der Waals surface area (Å²) >= 11 is 1.40. The van der Waals surface area contributed by atoms with Gasteiger partial charge in [-0.15, -0.1) is 11.3 Å². The quantitative estimate of drug-likeness (QED) is 0.801. The normalized spacial score (nSPS) is 14.4. The maximum absolute atomic E-state index is 12.2. The molecule has 1 heterocycles. The summed E-state index contributed by atoms with van der Waals surface area (Å²) in [6, 6.07) is 0. The predicted molar refractivity (Wildman–Crippen MR) is 75.7 cm³/mol. The maximum Gasteiger partial charge on any atom is 0.263 e. The van der Waals surface area contributed by atoms with Crippen LogP contribution in [0.25, 0.3) is 0 Å². The molecule has 0 saturated heterocycles. The van der Waals surface area contributed by atoms with E-state index in [1.165, 1.54) is 11.3 Å². The largest absolute Gasteiger partial charge is 0.396 e. The lowest BCUT2D eigenvalue weighted by molar-refractivity contribution is 0.0729. The summed E-state index contributed by atoms with van der Waals surface area (Å²) in [7, 11) is 1.57. The van der Waals surface area contributed by atoms with Gasteiger partial charge in [0.2, 0.25) is 0 Å². The van der Waals surface area contributed by atoms with Gasteiger partial charge in [-0.1, -0.05) is 13.8 Å². The van der Waals surface area contributed by atoms with Crippen molar-refractivity contribution in [2.24, 2.45) is 0 Å². The van der Waals surface area contributed by atoms with Crippen LogP contribution in [0.4, 0.5) is 0 Å². The molecule has 1 rings (SSSR count). The fourth-order valence-corrected chi connectivity index (χ4v) is 2.55. The van der Waals surface area contributed by atoms with E-state index >= 15 is 0 Å².